The van der Waals surface area contributed by atoms with E-state index in [2.05, 4.69) is 0 Å². The summed E-state index contributed by atoms with van der Waals surface area (Å²) in [5.41, 5.74) is 0. The van der Waals surface area contributed by atoms with Crippen molar-refractivity contribution in [3.05, 3.63) is 36.4 Å². The van der Waals surface area contributed by atoms with Gasteiger partial charge in [0.2, 0.25) is 0 Å². The van der Waals surface area contributed by atoms with E-state index in [-0.39, 0.29) is 0 Å². The Labute approximate surface area is 105 Å². The van der Waals surface area contributed by atoms with Gasteiger partial charge in [-0.1, -0.05) is 24.3 Å². The molecule has 0 saturated heterocycles. The molecule has 0 bridgehead atoms. The lowest BCUT2D eigenvalue weighted by Crippen LogP contribution is -1.96. The van der Waals surface area contributed by atoms with Crippen molar-refractivity contribution in [3.63, 3.8) is 0 Å². The van der Waals surface area contributed by atoms with Crippen molar-refractivity contribution in [1.29, 1.82) is 0 Å². The van der Waals surface area contributed by atoms with E-state index in [1.807, 2.05) is 43.3 Å². The van der Waals surface area contributed by atoms with Crippen LogP contribution in [0.4, 0.5) is 0 Å². The first kappa shape index (κ1) is 11.0. The lowest BCUT2D eigenvalue weighted by Gasteiger charge is -2.11. The fourth-order valence-electron chi connectivity index (χ4n) is 1.81. The van der Waals surface area contributed by atoms with Crippen LogP contribution in [0.3, 0.4) is 0 Å². The van der Waals surface area contributed by atoms with Crippen molar-refractivity contribution < 1.29 is 13.6 Å². The molecular formula is C12H11O3PS. The summed E-state index contributed by atoms with van der Waals surface area (Å²) in [6.07, 6.45) is 0. The van der Waals surface area contributed by atoms with Gasteiger partial charge in [-0.25, -0.2) is 0 Å². The summed E-state index contributed by atoms with van der Waals surface area (Å²) >= 11 is 5.25. The minimum absolute atomic E-state index is 0.491. The van der Waals surface area contributed by atoms with Crippen molar-refractivity contribution >= 4 is 29.3 Å². The largest absolute Gasteiger partial charge is 0.435 e. The average Bonchev–Trinajstić information content (AvgIpc) is 2.61. The molecule has 0 radical (unpaired) electrons. The highest BCUT2D eigenvalue weighted by Crippen LogP contribution is 2.59. The zero-order valence-corrected chi connectivity index (χ0v) is 11.0. The standard InChI is InChI=1S/C12H11O3PS/c1-2-13-16(17)14-11-7-9-5-3-4-6-10(9)8-12(11)15-16/h3-8H,2H2,1H3. The van der Waals surface area contributed by atoms with E-state index >= 15 is 0 Å². The Morgan fingerprint density at radius 3 is 2.12 bits per heavy atom. The van der Waals surface area contributed by atoms with Crippen molar-refractivity contribution in [2.24, 2.45) is 0 Å². The monoisotopic (exact) mass is 266 g/mol. The highest BCUT2D eigenvalue weighted by molar-refractivity contribution is 8.08. The third-order valence-corrected chi connectivity index (χ3v) is 4.70. The van der Waals surface area contributed by atoms with Crippen LogP contribution in [-0.2, 0) is 16.3 Å². The van der Waals surface area contributed by atoms with Crippen LogP contribution in [0.2, 0.25) is 0 Å². The number of hydrogen-bond donors (Lipinski definition) is 0. The van der Waals surface area contributed by atoms with Crippen molar-refractivity contribution in [3.8, 4) is 11.5 Å². The minimum atomic E-state index is -2.61. The van der Waals surface area contributed by atoms with Crippen LogP contribution in [0.25, 0.3) is 10.8 Å². The summed E-state index contributed by atoms with van der Waals surface area (Å²) in [4.78, 5) is 0. The SMILES string of the molecule is CCOP1(=S)Oc2cc3ccccc3cc2O1. The molecule has 1 aliphatic heterocycles. The highest BCUT2D eigenvalue weighted by Gasteiger charge is 2.33. The van der Waals surface area contributed by atoms with Crippen LogP contribution in [0.5, 0.6) is 11.5 Å². The van der Waals surface area contributed by atoms with E-state index in [1.54, 1.807) is 0 Å². The van der Waals surface area contributed by atoms with Crippen LogP contribution >= 0.6 is 6.72 Å². The molecule has 0 aromatic heterocycles. The summed E-state index contributed by atoms with van der Waals surface area (Å²) in [5, 5.41) is 2.21. The molecule has 0 atom stereocenters. The summed E-state index contributed by atoms with van der Waals surface area (Å²) in [6, 6.07) is 11.9. The molecule has 5 heteroatoms. The maximum atomic E-state index is 5.62. The van der Waals surface area contributed by atoms with Gasteiger partial charge in [-0.15, -0.1) is 0 Å². The number of fused-ring (bicyclic) bond motifs is 2. The van der Waals surface area contributed by atoms with Gasteiger partial charge in [-0.2, -0.15) is 0 Å². The molecule has 0 spiro atoms. The number of benzene rings is 2. The number of rotatable bonds is 2. The Morgan fingerprint density at radius 1 is 1.12 bits per heavy atom. The second-order valence-electron chi connectivity index (χ2n) is 3.69. The Balaban J connectivity index is 2.08. The molecule has 3 nitrogen and oxygen atoms in total. The van der Waals surface area contributed by atoms with Gasteiger partial charge >= 0.3 is 6.72 Å². The lowest BCUT2D eigenvalue weighted by atomic mass is 10.1. The Kier molecular flexibility index (Phi) is 2.58. The summed E-state index contributed by atoms with van der Waals surface area (Å²) in [6.45, 7) is -0.241. The van der Waals surface area contributed by atoms with E-state index in [1.165, 1.54) is 0 Å². The minimum Gasteiger partial charge on any atom is -0.412 e. The van der Waals surface area contributed by atoms with Crippen LogP contribution in [0, 0.1) is 0 Å². The van der Waals surface area contributed by atoms with Crippen LogP contribution in [0.1, 0.15) is 6.92 Å². The Hall–Kier alpha value is -1.09. The van der Waals surface area contributed by atoms with Crippen LogP contribution in [0.15, 0.2) is 36.4 Å². The fourth-order valence-corrected chi connectivity index (χ4v) is 3.84. The van der Waals surface area contributed by atoms with E-state index in [0.29, 0.717) is 18.1 Å². The smallest absolute Gasteiger partial charge is 0.412 e. The van der Waals surface area contributed by atoms with Gasteiger partial charge in [0.15, 0.2) is 11.5 Å². The second kappa shape index (κ2) is 3.98. The van der Waals surface area contributed by atoms with Gasteiger partial charge in [-0.3, -0.25) is 4.52 Å². The second-order valence-corrected chi connectivity index (χ2v) is 6.55. The number of hydrogen-bond acceptors (Lipinski definition) is 4. The predicted molar refractivity (Wildman–Crippen MR) is 71.1 cm³/mol. The zero-order valence-electron chi connectivity index (χ0n) is 9.25. The molecule has 2 aromatic rings. The van der Waals surface area contributed by atoms with Gasteiger partial charge < -0.3 is 9.05 Å². The van der Waals surface area contributed by atoms with Gasteiger partial charge in [0.1, 0.15) is 0 Å². The highest BCUT2D eigenvalue weighted by atomic mass is 32.5. The van der Waals surface area contributed by atoms with Crippen LogP contribution in [-0.4, -0.2) is 6.61 Å². The van der Waals surface area contributed by atoms with Crippen molar-refractivity contribution in [2.75, 3.05) is 6.61 Å². The maximum Gasteiger partial charge on any atom is 0.435 e. The molecule has 0 unspecified atom stereocenters. The molecule has 0 amide bonds. The normalized spacial score (nSPS) is 16.3. The van der Waals surface area contributed by atoms with Gasteiger partial charge in [0, 0.05) is 11.8 Å². The van der Waals surface area contributed by atoms with Gasteiger partial charge in [-0.05, 0) is 29.8 Å². The fraction of sp³-hybridized carbons (Fsp3) is 0.167. The average molecular weight is 266 g/mol. The van der Waals surface area contributed by atoms with Crippen LogP contribution < -0.4 is 9.05 Å². The lowest BCUT2D eigenvalue weighted by molar-refractivity contribution is 0.297. The molecule has 1 aliphatic rings. The van der Waals surface area contributed by atoms with E-state index < -0.39 is 6.72 Å². The maximum absolute atomic E-state index is 5.62. The first-order valence-corrected chi connectivity index (χ1v) is 7.92. The molecule has 2 aromatic carbocycles. The van der Waals surface area contributed by atoms with Crippen molar-refractivity contribution in [2.45, 2.75) is 6.92 Å². The molecule has 0 aliphatic carbocycles. The predicted octanol–water partition coefficient (Wildman–Crippen LogP) is 3.87. The first-order valence-electron chi connectivity index (χ1n) is 5.37. The molecular weight excluding hydrogens is 255 g/mol. The molecule has 0 fully saturated rings. The van der Waals surface area contributed by atoms with Gasteiger partial charge in [0.25, 0.3) is 0 Å². The summed E-state index contributed by atoms with van der Waals surface area (Å²) in [7, 11) is 0. The molecule has 17 heavy (non-hydrogen) atoms. The molecule has 88 valence electrons. The molecule has 3 rings (SSSR count). The molecule has 0 saturated carbocycles. The third kappa shape index (κ3) is 1.93. The zero-order chi connectivity index (χ0) is 11.9. The first-order chi connectivity index (χ1) is 8.20. The Bertz CT molecular complexity index is 578. The summed E-state index contributed by atoms with van der Waals surface area (Å²) < 4.78 is 16.6. The molecule has 0 N–H and O–H groups in total. The van der Waals surface area contributed by atoms with Crippen molar-refractivity contribution in [1.82, 2.24) is 0 Å². The van der Waals surface area contributed by atoms with E-state index in [9.17, 15) is 0 Å². The molecule has 1 heterocycles. The van der Waals surface area contributed by atoms with E-state index in [4.69, 9.17) is 25.4 Å². The topological polar surface area (TPSA) is 27.7 Å². The third-order valence-electron chi connectivity index (χ3n) is 2.52. The Morgan fingerprint density at radius 2 is 1.65 bits per heavy atom. The van der Waals surface area contributed by atoms with Gasteiger partial charge in [0.05, 0.1) is 6.61 Å². The quantitative estimate of drug-likeness (QED) is 0.771. The summed E-state index contributed by atoms with van der Waals surface area (Å²) in [5.74, 6) is 1.36. The van der Waals surface area contributed by atoms with E-state index in [0.717, 1.165) is 10.8 Å².